The van der Waals surface area contributed by atoms with Gasteiger partial charge in [-0.05, 0) is 18.2 Å². The molecule has 3 N–H and O–H groups in total. The number of aliphatic carboxylic acids is 1. The van der Waals surface area contributed by atoms with E-state index in [4.69, 9.17) is 5.11 Å². The van der Waals surface area contributed by atoms with E-state index in [0.29, 0.717) is 21.4 Å². The Balaban J connectivity index is 2.03. The maximum Gasteiger partial charge on any atom is 0.304 e. The maximum atomic E-state index is 12.7. The number of carboxylic acids is 1. The number of fused-ring (bicyclic) bond motifs is 1. The zero-order valence-corrected chi connectivity index (χ0v) is 15.8. The van der Waals surface area contributed by atoms with Gasteiger partial charge in [0, 0.05) is 16.5 Å². The van der Waals surface area contributed by atoms with Crippen LogP contribution in [-0.4, -0.2) is 30.4 Å². The summed E-state index contributed by atoms with van der Waals surface area (Å²) in [6, 6.07) is 16.4. The van der Waals surface area contributed by atoms with Crippen molar-refractivity contribution >= 4 is 44.2 Å². The van der Waals surface area contributed by atoms with E-state index in [9.17, 15) is 18.3 Å². The fourth-order valence-electron chi connectivity index (χ4n) is 2.58. The highest BCUT2D eigenvalue weighted by atomic mass is 32.2. The van der Waals surface area contributed by atoms with Crippen LogP contribution in [-0.2, 0) is 14.8 Å². The van der Waals surface area contributed by atoms with Crippen molar-refractivity contribution < 1.29 is 23.4 Å². The Bertz CT molecular complexity index is 1080. The van der Waals surface area contributed by atoms with Crippen molar-refractivity contribution in [3.8, 4) is 5.75 Å². The van der Waals surface area contributed by atoms with Crippen LogP contribution >= 0.6 is 11.8 Å². The van der Waals surface area contributed by atoms with Crippen LogP contribution < -0.4 is 4.72 Å². The second-order valence-corrected chi connectivity index (χ2v) is 8.55. The van der Waals surface area contributed by atoms with Crippen molar-refractivity contribution in [1.82, 2.24) is 0 Å². The molecule has 0 unspecified atom stereocenters. The molecule has 140 valence electrons. The molecule has 0 saturated carbocycles. The van der Waals surface area contributed by atoms with E-state index < -0.39 is 16.0 Å². The normalized spacial score (nSPS) is 11.4. The Morgan fingerprint density at radius 2 is 1.63 bits per heavy atom. The monoisotopic (exact) mass is 403 g/mol. The fourth-order valence-corrected chi connectivity index (χ4v) is 4.62. The highest BCUT2D eigenvalue weighted by molar-refractivity contribution is 7.99. The first-order valence-corrected chi connectivity index (χ1v) is 10.5. The number of hydrogen-bond acceptors (Lipinski definition) is 5. The number of anilines is 1. The second-order valence-electron chi connectivity index (χ2n) is 5.73. The first kappa shape index (κ1) is 19.1. The van der Waals surface area contributed by atoms with Crippen LogP contribution in [0.25, 0.3) is 10.8 Å². The Hall–Kier alpha value is -2.71. The number of phenolic OH excluding ortho intramolecular Hbond substituents is 1. The lowest BCUT2D eigenvalue weighted by Crippen LogP contribution is -2.13. The molecule has 0 bridgehead atoms. The summed E-state index contributed by atoms with van der Waals surface area (Å²) in [5.74, 6) is -0.678. The minimum absolute atomic E-state index is 0.00338. The van der Waals surface area contributed by atoms with Crippen molar-refractivity contribution in [2.45, 2.75) is 16.2 Å². The molecule has 0 aromatic heterocycles. The third-order valence-electron chi connectivity index (χ3n) is 3.85. The molecule has 0 radical (unpaired) electrons. The first-order valence-electron chi connectivity index (χ1n) is 8.05. The van der Waals surface area contributed by atoms with Crippen molar-refractivity contribution in [2.75, 3.05) is 10.5 Å². The van der Waals surface area contributed by atoms with Gasteiger partial charge in [-0.25, -0.2) is 8.42 Å². The summed E-state index contributed by atoms with van der Waals surface area (Å²) in [5.41, 5.74) is 0.324. The van der Waals surface area contributed by atoms with Gasteiger partial charge in [-0.2, -0.15) is 0 Å². The largest absolute Gasteiger partial charge is 0.506 e. The Morgan fingerprint density at radius 3 is 2.30 bits per heavy atom. The van der Waals surface area contributed by atoms with E-state index in [2.05, 4.69) is 4.72 Å². The minimum Gasteiger partial charge on any atom is -0.506 e. The molecule has 3 aromatic rings. The number of phenols is 1. The summed E-state index contributed by atoms with van der Waals surface area (Å²) < 4.78 is 27.9. The number of benzene rings is 3. The van der Waals surface area contributed by atoms with Gasteiger partial charge in [-0.15, -0.1) is 11.8 Å². The van der Waals surface area contributed by atoms with Gasteiger partial charge in [-0.1, -0.05) is 42.5 Å². The summed E-state index contributed by atoms with van der Waals surface area (Å²) in [6.07, 6.45) is -0.0675. The maximum absolute atomic E-state index is 12.7. The Morgan fingerprint density at radius 1 is 1.00 bits per heavy atom. The van der Waals surface area contributed by atoms with E-state index in [-0.39, 0.29) is 22.8 Å². The molecular formula is C19H17NO5S2. The number of aromatic hydroxyl groups is 1. The van der Waals surface area contributed by atoms with E-state index in [1.807, 2.05) is 0 Å². The molecule has 27 heavy (non-hydrogen) atoms. The van der Waals surface area contributed by atoms with Crippen molar-refractivity contribution in [3.63, 3.8) is 0 Å². The average Bonchev–Trinajstić information content (AvgIpc) is 2.65. The standard InChI is InChI=1S/C19H17NO5S2/c21-18(22)10-11-26-17-12-16(14-8-4-5-9-15(14)19(17)23)20-27(24,25)13-6-2-1-3-7-13/h1-9,12,20,23H,10-11H2,(H,21,22). The predicted octanol–water partition coefficient (Wildman–Crippen LogP) is 3.91. The van der Waals surface area contributed by atoms with Gasteiger partial charge >= 0.3 is 5.97 Å². The highest BCUT2D eigenvalue weighted by Crippen LogP contribution is 2.40. The smallest absolute Gasteiger partial charge is 0.304 e. The molecular weight excluding hydrogens is 386 g/mol. The predicted molar refractivity (Wildman–Crippen MR) is 106 cm³/mol. The highest BCUT2D eigenvalue weighted by Gasteiger charge is 2.18. The van der Waals surface area contributed by atoms with E-state index in [1.54, 1.807) is 42.5 Å². The zero-order chi connectivity index (χ0) is 19.4. The third-order valence-corrected chi connectivity index (χ3v) is 6.26. The van der Waals surface area contributed by atoms with Gasteiger partial charge in [0.05, 0.1) is 21.9 Å². The van der Waals surface area contributed by atoms with E-state index in [0.717, 1.165) is 11.8 Å². The number of thioether (sulfide) groups is 1. The number of hydrogen-bond donors (Lipinski definition) is 3. The van der Waals surface area contributed by atoms with E-state index >= 15 is 0 Å². The summed E-state index contributed by atoms with van der Waals surface area (Å²) in [7, 11) is -3.80. The summed E-state index contributed by atoms with van der Waals surface area (Å²) in [5, 5.41) is 20.3. The lowest BCUT2D eigenvalue weighted by molar-refractivity contribution is -0.136. The van der Waals surface area contributed by atoms with Crippen LogP contribution in [0.15, 0.2) is 70.5 Å². The van der Waals surface area contributed by atoms with Crippen LogP contribution in [0.5, 0.6) is 5.75 Å². The van der Waals surface area contributed by atoms with Crippen molar-refractivity contribution in [2.24, 2.45) is 0 Å². The van der Waals surface area contributed by atoms with Crippen LogP contribution in [0.2, 0.25) is 0 Å². The molecule has 0 atom stereocenters. The van der Waals surface area contributed by atoms with Gasteiger partial charge < -0.3 is 10.2 Å². The molecule has 6 nitrogen and oxygen atoms in total. The van der Waals surface area contributed by atoms with Crippen LogP contribution in [0.3, 0.4) is 0 Å². The first-order chi connectivity index (χ1) is 12.9. The number of carbonyl (C=O) groups is 1. The summed E-state index contributed by atoms with van der Waals surface area (Å²) >= 11 is 1.16. The minimum atomic E-state index is -3.80. The molecule has 0 aliphatic heterocycles. The SMILES string of the molecule is O=C(O)CCSc1cc(NS(=O)(=O)c2ccccc2)c2ccccc2c1O. The number of sulfonamides is 1. The molecule has 3 aromatic carbocycles. The molecule has 0 heterocycles. The van der Waals surface area contributed by atoms with Gasteiger partial charge in [0.25, 0.3) is 10.0 Å². The second kappa shape index (κ2) is 7.89. The quantitative estimate of drug-likeness (QED) is 0.408. The Kier molecular flexibility index (Phi) is 5.57. The molecule has 3 rings (SSSR count). The lowest BCUT2D eigenvalue weighted by atomic mass is 10.1. The Labute approximate surface area is 160 Å². The van der Waals surface area contributed by atoms with Crippen LogP contribution in [0, 0.1) is 0 Å². The fraction of sp³-hybridized carbons (Fsp3) is 0.105. The van der Waals surface area contributed by atoms with Crippen LogP contribution in [0.4, 0.5) is 5.69 Å². The van der Waals surface area contributed by atoms with Crippen molar-refractivity contribution in [1.29, 1.82) is 0 Å². The molecule has 0 amide bonds. The topological polar surface area (TPSA) is 104 Å². The average molecular weight is 403 g/mol. The number of nitrogens with one attached hydrogen (secondary N) is 1. The molecule has 0 saturated heterocycles. The van der Waals surface area contributed by atoms with E-state index in [1.165, 1.54) is 18.2 Å². The molecule has 0 aliphatic rings. The van der Waals surface area contributed by atoms with Crippen molar-refractivity contribution in [3.05, 3.63) is 60.7 Å². The molecule has 0 aliphatic carbocycles. The van der Waals surface area contributed by atoms with Crippen LogP contribution in [0.1, 0.15) is 6.42 Å². The lowest BCUT2D eigenvalue weighted by Gasteiger charge is -2.14. The molecule has 0 fully saturated rings. The van der Waals surface area contributed by atoms with Gasteiger partial charge in [0.1, 0.15) is 5.75 Å². The summed E-state index contributed by atoms with van der Waals surface area (Å²) in [4.78, 5) is 11.3. The van der Waals surface area contributed by atoms with Gasteiger partial charge in [-0.3, -0.25) is 9.52 Å². The number of rotatable bonds is 7. The molecule has 8 heteroatoms. The summed E-state index contributed by atoms with van der Waals surface area (Å²) in [6.45, 7) is 0. The van der Waals surface area contributed by atoms with Gasteiger partial charge in [0.15, 0.2) is 0 Å². The van der Waals surface area contributed by atoms with Gasteiger partial charge in [0.2, 0.25) is 0 Å². The third kappa shape index (κ3) is 4.35. The zero-order valence-electron chi connectivity index (χ0n) is 14.1. The molecule has 0 spiro atoms. The number of carboxylic acid groups (broad SMARTS) is 1.